The molecule has 1 aromatic carbocycles. The molecule has 2 aromatic rings. The average molecular weight is 311 g/mol. The molecule has 7 heteroatoms. The first-order chi connectivity index (χ1) is 10.5. The Morgan fingerprint density at radius 2 is 2.09 bits per heavy atom. The van der Waals surface area contributed by atoms with Crippen LogP contribution < -0.4 is 0 Å². The minimum atomic E-state index is -4.34. The third-order valence-corrected chi connectivity index (χ3v) is 4.01. The lowest BCUT2D eigenvalue weighted by molar-refractivity contribution is -0.137. The topological polar surface area (TPSA) is 50.9 Å². The van der Waals surface area contributed by atoms with Crippen LogP contribution in [0.1, 0.15) is 29.2 Å². The first-order valence-electron chi connectivity index (χ1n) is 7.15. The van der Waals surface area contributed by atoms with Gasteiger partial charge in [0.15, 0.2) is 0 Å². The van der Waals surface area contributed by atoms with Gasteiger partial charge in [0.05, 0.1) is 5.56 Å². The highest BCUT2D eigenvalue weighted by Crippen LogP contribution is 2.30. The molecule has 3 rings (SSSR count). The van der Waals surface area contributed by atoms with E-state index in [1.54, 1.807) is 6.07 Å². The molecule has 0 bridgehead atoms. The van der Waals surface area contributed by atoms with Crippen LogP contribution in [0.25, 0.3) is 0 Å². The summed E-state index contributed by atoms with van der Waals surface area (Å²) in [5.74, 6) is 1.66. The van der Waals surface area contributed by atoms with Gasteiger partial charge in [0.25, 0.3) is 0 Å². The Kier molecular flexibility index (Phi) is 3.90. The quantitative estimate of drug-likeness (QED) is 0.947. The van der Waals surface area contributed by atoms with E-state index < -0.39 is 11.7 Å². The largest absolute Gasteiger partial charge is 0.416 e. The number of aliphatic hydroxyl groups excluding tert-OH is 1. The van der Waals surface area contributed by atoms with Crippen LogP contribution in [0.2, 0.25) is 0 Å². The van der Waals surface area contributed by atoms with E-state index in [0.29, 0.717) is 30.8 Å². The van der Waals surface area contributed by atoms with E-state index in [-0.39, 0.29) is 12.5 Å². The third-order valence-electron chi connectivity index (χ3n) is 4.01. The van der Waals surface area contributed by atoms with E-state index in [0.717, 1.165) is 24.4 Å². The van der Waals surface area contributed by atoms with Crippen LogP contribution >= 0.6 is 0 Å². The maximum absolute atomic E-state index is 12.7. The smallest absolute Gasteiger partial charge is 0.396 e. The lowest BCUT2D eigenvalue weighted by Gasteiger charge is -2.21. The third kappa shape index (κ3) is 2.99. The number of alkyl halides is 3. The molecule has 1 aromatic heterocycles. The molecule has 1 aliphatic rings. The maximum atomic E-state index is 12.7. The highest BCUT2D eigenvalue weighted by molar-refractivity contribution is 5.28. The summed E-state index contributed by atoms with van der Waals surface area (Å²) >= 11 is 0. The van der Waals surface area contributed by atoms with Gasteiger partial charge in [-0.1, -0.05) is 18.2 Å². The van der Waals surface area contributed by atoms with Crippen LogP contribution in [0.4, 0.5) is 13.2 Å². The second-order valence-electron chi connectivity index (χ2n) is 5.60. The van der Waals surface area contributed by atoms with Crippen LogP contribution in [-0.2, 0) is 25.6 Å². The van der Waals surface area contributed by atoms with Crippen LogP contribution in [0.5, 0.6) is 0 Å². The zero-order chi connectivity index (χ0) is 15.7. The van der Waals surface area contributed by atoms with Gasteiger partial charge < -0.3 is 9.67 Å². The van der Waals surface area contributed by atoms with Crippen molar-refractivity contribution >= 4 is 0 Å². The molecule has 0 amide bonds. The number of nitrogens with zero attached hydrogens (tertiary/aromatic N) is 3. The van der Waals surface area contributed by atoms with Crippen molar-refractivity contribution in [3.63, 3.8) is 0 Å². The van der Waals surface area contributed by atoms with Crippen molar-refractivity contribution in [2.75, 3.05) is 6.61 Å². The zero-order valence-electron chi connectivity index (χ0n) is 11.8. The minimum Gasteiger partial charge on any atom is -0.396 e. The summed E-state index contributed by atoms with van der Waals surface area (Å²) in [7, 11) is 0. The van der Waals surface area contributed by atoms with Crippen LogP contribution in [-0.4, -0.2) is 26.5 Å². The van der Waals surface area contributed by atoms with Crippen molar-refractivity contribution in [1.29, 1.82) is 0 Å². The molecule has 1 unspecified atom stereocenters. The first-order valence-corrected chi connectivity index (χ1v) is 7.15. The van der Waals surface area contributed by atoms with Gasteiger partial charge in [-0.3, -0.25) is 0 Å². The fraction of sp³-hybridized carbons (Fsp3) is 0.467. The van der Waals surface area contributed by atoms with Gasteiger partial charge in [-0.2, -0.15) is 13.2 Å². The SMILES string of the molecule is OCC1CCn2c(Cc3cccc(C(F)(F)F)c3)nnc2C1. The molecular formula is C15H16F3N3O. The monoisotopic (exact) mass is 311 g/mol. The number of aromatic nitrogens is 3. The van der Waals surface area contributed by atoms with Gasteiger partial charge >= 0.3 is 6.18 Å². The molecule has 0 saturated heterocycles. The summed E-state index contributed by atoms with van der Waals surface area (Å²) in [4.78, 5) is 0. The molecule has 0 radical (unpaired) electrons. The number of fused-ring (bicyclic) bond motifs is 1. The summed E-state index contributed by atoms with van der Waals surface area (Å²) in [5, 5.41) is 17.4. The van der Waals surface area contributed by atoms with Gasteiger partial charge in [0, 0.05) is 26.0 Å². The van der Waals surface area contributed by atoms with Gasteiger partial charge in [-0.05, 0) is 24.0 Å². The number of hydrogen-bond donors (Lipinski definition) is 1. The van der Waals surface area contributed by atoms with E-state index >= 15 is 0 Å². The Labute approximate surface area is 125 Å². The minimum absolute atomic E-state index is 0.121. The van der Waals surface area contributed by atoms with Crippen molar-refractivity contribution in [2.24, 2.45) is 5.92 Å². The molecule has 2 heterocycles. The van der Waals surface area contributed by atoms with E-state index in [2.05, 4.69) is 10.2 Å². The van der Waals surface area contributed by atoms with Crippen molar-refractivity contribution in [3.8, 4) is 0 Å². The van der Waals surface area contributed by atoms with E-state index in [9.17, 15) is 18.3 Å². The summed E-state index contributed by atoms with van der Waals surface area (Å²) in [6.07, 6.45) is -2.53. The fourth-order valence-corrected chi connectivity index (χ4v) is 2.78. The number of benzene rings is 1. The highest BCUT2D eigenvalue weighted by atomic mass is 19.4. The molecule has 1 atom stereocenters. The lowest BCUT2D eigenvalue weighted by atomic mass is 9.98. The fourth-order valence-electron chi connectivity index (χ4n) is 2.78. The second-order valence-corrected chi connectivity index (χ2v) is 5.60. The highest BCUT2D eigenvalue weighted by Gasteiger charge is 2.30. The number of aliphatic hydroxyl groups is 1. The van der Waals surface area contributed by atoms with Gasteiger partial charge in [-0.25, -0.2) is 0 Å². The first kappa shape index (κ1) is 15.0. The summed E-state index contributed by atoms with van der Waals surface area (Å²) < 4.78 is 40.2. The Morgan fingerprint density at radius 3 is 2.82 bits per heavy atom. The summed E-state index contributed by atoms with van der Waals surface area (Å²) in [6.45, 7) is 0.817. The Balaban J connectivity index is 1.82. The van der Waals surface area contributed by atoms with Crippen molar-refractivity contribution < 1.29 is 18.3 Å². The molecular weight excluding hydrogens is 295 g/mol. The molecule has 0 aliphatic carbocycles. The zero-order valence-corrected chi connectivity index (χ0v) is 11.8. The van der Waals surface area contributed by atoms with Gasteiger partial charge in [-0.15, -0.1) is 10.2 Å². The number of halogens is 3. The number of hydrogen-bond acceptors (Lipinski definition) is 3. The summed E-state index contributed by atoms with van der Waals surface area (Å²) in [6, 6.07) is 5.29. The molecule has 0 fully saturated rings. The molecule has 1 aliphatic heterocycles. The van der Waals surface area contributed by atoms with E-state index in [1.807, 2.05) is 4.57 Å². The van der Waals surface area contributed by atoms with E-state index in [1.165, 1.54) is 6.07 Å². The maximum Gasteiger partial charge on any atom is 0.416 e. The van der Waals surface area contributed by atoms with Gasteiger partial charge in [0.2, 0.25) is 0 Å². The number of rotatable bonds is 3. The normalized spacial score (nSPS) is 18.3. The Bertz CT molecular complexity index is 666. The van der Waals surface area contributed by atoms with E-state index in [4.69, 9.17) is 0 Å². The Hall–Kier alpha value is -1.89. The molecule has 4 nitrogen and oxygen atoms in total. The molecule has 1 N–H and O–H groups in total. The predicted molar refractivity (Wildman–Crippen MR) is 73.2 cm³/mol. The van der Waals surface area contributed by atoms with Crippen LogP contribution in [0, 0.1) is 5.92 Å². The van der Waals surface area contributed by atoms with Crippen molar-refractivity contribution in [3.05, 3.63) is 47.0 Å². The van der Waals surface area contributed by atoms with Crippen molar-refractivity contribution in [2.45, 2.75) is 32.0 Å². The van der Waals surface area contributed by atoms with Gasteiger partial charge in [0.1, 0.15) is 11.6 Å². The second kappa shape index (κ2) is 5.72. The van der Waals surface area contributed by atoms with Crippen molar-refractivity contribution in [1.82, 2.24) is 14.8 Å². The predicted octanol–water partition coefficient (Wildman–Crippen LogP) is 2.44. The molecule has 22 heavy (non-hydrogen) atoms. The summed E-state index contributed by atoms with van der Waals surface area (Å²) in [5.41, 5.74) is -0.0852. The Morgan fingerprint density at radius 1 is 1.27 bits per heavy atom. The standard InChI is InChI=1S/C15H16F3N3O/c16-15(17,18)12-3-1-2-10(6-12)7-13-19-20-14-8-11(9-22)4-5-21(13)14/h1-3,6,11,22H,4-5,7-9H2. The molecule has 118 valence electrons. The lowest BCUT2D eigenvalue weighted by Crippen LogP contribution is -2.23. The molecule has 0 spiro atoms. The molecule has 0 saturated carbocycles. The van der Waals surface area contributed by atoms with Crippen LogP contribution in [0.15, 0.2) is 24.3 Å². The van der Waals surface area contributed by atoms with Crippen LogP contribution in [0.3, 0.4) is 0 Å². The average Bonchev–Trinajstić information content (AvgIpc) is 2.89.